The second kappa shape index (κ2) is 5.93. The van der Waals surface area contributed by atoms with Crippen molar-refractivity contribution in [3.8, 4) is 5.88 Å². The Morgan fingerprint density at radius 2 is 2.00 bits per heavy atom. The van der Waals surface area contributed by atoms with Crippen LogP contribution in [-0.2, 0) is 6.18 Å². The van der Waals surface area contributed by atoms with Gasteiger partial charge in [-0.3, -0.25) is 0 Å². The van der Waals surface area contributed by atoms with Crippen LogP contribution < -0.4 is 10.5 Å². The number of pyridine rings is 1. The van der Waals surface area contributed by atoms with Crippen LogP contribution >= 0.6 is 0 Å². The third kappa shape index (κ3) is 4.81. The Morgan fingerprint density at radius 3 is 2.56 bits per heavy atom. The number of hydrogen-bond acceptors (Lipinski definition) is 3. The predicted octanol–water partition coefficient (Wildman–Crippen LogP) is 3.50. The quantitative estimate of drug-likeness (QED) is 0.826. The summed E-state index contributed by atoms with van der Waals surface area (Å²) in [6.45, 7) is 4.48. The highest BCUT2D eigenvalue weighted by Crippen LogP contribution is 2.32. The largest absolute Gasteiger partial charge is 0.478 e. The normalized spacial score (nSPS) is 11.9. The molecule has 0 saturated carbocycles. The van der Waals surface area contributed by atoms with Gasteiger partial charge in [-0.1, -0.05) is 13.8 Å². The van der Waals surface area contributed by atoms with Crippen LogP contribution in [0.1, 0.15) is 32.3 Å². The van der Waals surface area contributed by atoms with Gasteiger partial charge in [0.25, 0.3) is 0 Å². The molecule has 3 nitrogen and oxygen atoms in total. The molecule has 0 aliphatic rings. The Hall–Kier alpha value is -1.46. The molecule has 0 spiro atoms. The second-order valence-electron chi connectivity index (χ2n) is 4.50. The van der Waals surface area contributed by atoms with E-state index in [1.807, 2.05) is 0 Å². The molecule has 0 fully saturated rings. The van der Waals surface area contributed by atoms with Gasteiger partial charge in [-0.05, 0) is 24.8 Å². The lowest BCUT2D eigenvalue weighted by molar-refractivity contribution is -0.137. The van der Waals surface area contributed by atoms with Crippen molar-refractivity contribution in [2.24, 2.45) is 5.92 Å². The molecular weight excluding hydrogens is 245 g/mol. The summed E-state index contributed by atoms with van der Waals surface area (Å²) < 4.78 is 42.7. The Balaban J connectivity index is 2.63. The number of hydrogen-bond donors (Lipinski definition) is 1. The molecule has 0 bridgehead atoms. The summed E-state index contributed by atoms with van der Waals surface area (Å²) in [6.07, 6.45) is -2.71. The molecular formula is C12H17F3N2O. The molecule has 0 radical (unpaired) electrons. The SMILES string of the molecule is CC(C)CCCOc1cc(C(F)(F)F)cc(N)n1. The highest BCUT2D eigenvalue weighted by molar-refractivity contribution is 5.38. The molecule has 2 N–H and O–H groups in total. The lowest BCUT2D eigenvalue weighted by Crippen LogP contribution is -2.09. The van der Waals surface area contributed by atoms with Gasteiger partial charge in [0.05, 0.1) is 12.2 Å². The first-order valence-electron chi connectivity index (χ1n) is 5.76. The molecule has 0 aromatic carbocycles. The van der Waals surface area contributed by atoms with Crippen molar-refractivity contribution in [3.05, 3.63) is 17.7 Å². The van der Waals surface area contributed by atoms with E-state index in [4.69, 9.17) is 10.5 Å². The summed E-state index contributed by atoms with van der Waals surface area (Å²) in [5.41, 5.74) is 4.48. The molecule has 1 aromatic heterocycles. The lowest BCUT2D eigenvalue weighted by Gasteiger charge is -2.11. The van der Waals surface area contributed by atoms with E-state index in [-0.39, 0.29) is 11.7 Å². The van der Waals surface area contributed by atoms with E-state index >= 15 is 0 Å². The minimum atomic E-state index is -4.44. The van der Waals surface area contributed by atoms with Gasteiger partial charge in [-0.2, -0.15) is 18.2 Å². The number of halogens is 3. The molecule has 0 amide bonds. The van der Waals surface area contributed by atoms with Crippen LogP contribution in [0.2, 0.25) is 0 Å². The fourth-order valence-electron chi connectivity index (χ4n) is 1.43. The van der Waals surface area contributed by atoms with Gasteiger partial charge in [0.2, 0.25) is 5.88 Å². The maximum absolute atomic E-state index is 12.5. The van der Waals surface area contributed by atoms with Crippen molar-refractivity contribution < 1.29 is 17.9 Å². The zero-order chi connectivity index (χ0) is 13.8. The van der Waals surface area contributed by atoms with Crippen LogP contribution in [0.3, 0.4) is 0 Å². The molecule has 18 heavy (non-hydrogen) atoms. The topological polar surface area (TPSA) is 48.1 Å². The Morgan fingerprint density at radius 1 is 1.33 bits per heavy atom. The van der Waals surface area contributed by atoms with Gasteiger partial charge in [0, 0.05) is 6.07 Å². The second-order valence-corrected chi connectivity index (χ2v) is 4.50. The number of nitrogens with zero attached hydrogens (tertiary/aromatic N) is 1. The first-order chi connectivity index (χ1) is 8.29. The molecule has 0 atom stereocenters. The van der Waals surface area contributed by atoms with E-state index in [9.17, 15) is 13.2 Å². The number of nitrogens with two attached hydrogens (primary N) is 1. The average Bonchev–Trinajstić information content (AvgIpc) is 2.22. The van der Waals surface area contributed by atoms with E-state index in [1.165, 1.54) is 0 Å². The van der Waals surface area contributed by atoms with Gasteiger partial charge >= 0.3 is 6.18 Å². The molecule has 0 unspecified atom stereocenters. The average molecular weight is 262 g/mol. The number of anilines is 1. The Bertz CT molecular complexity index is 391. The maximum atomic E-state index is 12.5. The van der Waals surface area contributed by atoms with Gasteiger partial charge in [-0.15, -0.1) is 0 Å². The van der Waals surface area contributed by atoms with Crippen LogP contribution in [-0.4, -0.2) is 11.6 Å². The van der Waals surface area contributed by atoms with Crippen LogP contribution in [0, 0.1) is 5.92 Å². The fraction of sp³-hybridized carbons (Fsp3) is 0.583. The fourth-order valence-corrected chi connectivity index (χ4v) is 1.43. The highest BCUT2D eigenvalue weighted by Gasteiger charge is 2.31. The smallest absolute Gasteiger partial charge is 0.416 e. The van der Waals surface area contributed by atoms with Crippen LogP contribution in [0.25, 0.3) is 0 Å². The summed E-state index contributed by atoms with van der Waals surface area (Å²) in [5, 5.41) is 0. The van der Waals surface area contributed by atoms with Crippen molar-refractivity contribution in [1.29, 1.82) is 0 Å². The monoisotopic (exact) mass is 262 g/mol. The van der Waals surface area contributed by atoms with Crippen molar-refractivity contribution in [2.45, 2.75) is 32.9 Å². The number of ether oxygens (including phenoxy) is 1. The number of rotatable bonds is 5. The third-order valence-corrected chi connectivity index (χ3v) is 2.32. The minimum Gasteiger partial charge on any atom is -0.478 e. The van der Waals surface area contributed by atoms with Gasteiger partial charge in [0.15, 0.2) is 0 Å². The summed E-state index contributed by atoms with van der Waals surface area (Å²) >= 11 is 0. The summed E-state index contributed by atoms with van der Waals surface area (Å²) in [7, 11) is 0. The molecule has 1 aromatic rings. The van der Waals surface area contributed by atoms with Gasteiger partial charge in [-0.25, -0.2) is 0 Å². The Kier molecular flexibility index (Phi) is 4.81. The van der Waals surface area contributed by atoms with E-state index in [1.54, 1.807) is 0 Å². The molecule has 0 aliphatic heterocycles. The number of aromatic nitrogens is 1. The molecule has 0 aliphatic carbocycles. The van der Waals surface area contributed by atoms with Crippen LogP contribution in [0.15, 0.2) is 12.1 Å². The van der Waals surface area contributed by atoms with Crippen molar-refractivity contribution in [2.75, 3.05) is 12.3 Å². The van der Waals surface area contributed by atoms with E-state index < -0.39 is 11.7 Å². The summed E-state index contributed by atoms with van der Waals surface area (Å²) in [5.74, 6) is 0.267. The number of alkyl halides is 3. The van der Waals surface area contributed by atoms with E-state index in [0.29, 0.717) is 12.5 Å². The van der Waals surface area contributed by atoms with Crippen LogP contribution in [0.5, 0.6) is 5.88 Å². The first-order valence-corrected chi connectivity index (χ1v) is 5.76. The van der Waals surface area contributed by atoms with Crippen molar-refractivity contribution in [1.82, 2.24) is 4.98 Å². The minimum absolute atomic E-state index is 0.0777. The molecule has 6 heteroatoms. The van der Waals surface area contributed by atoms with Gasteiger partial charge < -0.3 is 10.5 Å². The molecule has 0 saturated heterocycles. The van der Waals surface area contributed by atoms with Crippen molar-refractivity contribution in [3.63, 3.8) is 0 Å². The third-order valence-electron chi connectivity index (χ3n) is 2.32. The highest BCUT2D eigenvalue weighted by atomic mass is 19.4. The van der Waals surface area contributed by atoms with Crippen molar-refractivity contribution >= 4 is 5.82 Å². The van der Waals surface area contributed by atoms with Crippen LogP contribution in [0.4, 0.5) is 19.0 Å². The summed E-state index contributed by atoms with van der Waals surface area (Å²) in [6, 6.07) is 1.66. The first kappa shape index (κ1) is 14.6. The predicted molar refractivity (Wildman–Crippen MR) is 63.2 cm³/mol. The lowest BCUT2D eigenvalue weighted by atomic mass is 10.1. The maximum Gasteiger partial charge on any atom is 0.416 e. The standard InChI is InChI=1S/C12H17F3N2O/c1-8(2)4-3-5-18-11-7-9(12(13,14)15)6-10(16)17-11/h6-8H,3-5H2,1-2H3,(H2,16,17). The van der Waals surface area contributed by atoms with E-state index in [0.717, 1.165) is 25.0 Å². The molecule has 102 valence electrons. The van der Waals surface area contributed by atoms with E-state index in [2.05, 4.69) is 18.8 Å². The summed E-state index contributed by atoms with van der Waals surface area (Å²) in [4.78, 5) is 3.72. The Labute approximate surface area is 104 Å². The zero-order valence-electron chi connectivity index (χ0n) is 10.4. The number of nitrogen functional groups attached to an aromatic ring is 1. The molecule has 1 rings (SSSR count). The molecule has 1 heterocycles. The zero-order valence-corrected chi connectivity index (χ0v) is 10.4. The van der Waals surface area contributed by atoms with Gasteiger partial charge in [0.1, 0.15) is 5.82 Å².